The van der Waals surface area contributed by atoms with Crippen LogP contribution in [0.3, 0.4) is 0 Å². The van der Waals surface area contributed by atoms with Crippen molar-refractivity contribution >= 4 is 33.3 Å². The third-order valence-electron chi connectivity index (χ3n) is 4.47. The third-order valence-corrected chi connectivity index (χ3v) is 5.85. The summed E-state index contributed by atoms with van der Waals surface area (Å²) in [5.41, 5.74) is 2.69. The molecule has 0 heterocycles. The molecule has 3 aromatic carbocycles. The molecule has 0 aliphatic rings. The van der Waals surface area contributed by atoms with Crippen LogP contribution in [0, 0.1) is 13.8 Å². The molecule has 8 heteroatoms. The van der Waals surface area contributed by atoms with E-state index >= 15 is 0 Å². The topological polar surface area (TPSA) is 113 Å². The SMILES string of the molecule is Cc1ccc(S(=O)(=O)Nc2cc(C(=O)Nc3ccc(C(=O)O)cc3)ccc2C)cc1. The average Bonchev–Trinajstić information content (AvgIpc) is 2.70. The summed E-state index contributed by atoms with van der Waals surface area (Å²) in [4.78, 5) is 23.6. The van der Waals surface area contributed by atoms with Crippen molar-refractivity contribution in [2.75, 3.05) is 10.0 Å². The standard InChI is InChI=1S/C22H20N2O5S/c1-14-3-11-19(12-4-14)30(28,29)24-20-13-17(6-5-15(20)2)21(25)23-18-9-7-16(8-10-18)22(26)27/h3-13,24H,1-2H3,(H,23,25)(H,26,27). The van der Waals surface area contributed by atoms with Gasteiger partial charge in [-0.2, -0.15) is 0 Å². The monoisotopic (exact) mass is 424 g/mol. The highest BCUT2D eigenvalue weighted by Crippen LogP contribution is 2.22. The second-order valence-electron chi connectivity index (χ2n) is 6.78. The van der Waals surface area contributed by atoms with Crippen LogP contribution in [0.25, 0.3) is 0 Å². The predicted molar refractivity (Wildman–Crippen MR) is 115 cm³/mol. The number of carbonyl (C=O) groups excluding carboxylic acids is 1. The molecule has 0 aromatic heterocycles. The number of rotatable bonds is 6. The minimum Gasteiger partial charge on any atom is -0.478 e. The molecule has 3 rings (SSSR count). The van der Waals surface area contributed by atoms with Crippen molar-refractivity contribution in [2.24, 2.45) is 0 Å². The number of carbonyl (C=O) groups is 2. The fourth-order valence-electron chi connectivity index (χ4n) is 2.69. The number of benzene rings is 3. The highest BCUT2D eigenvalue weighted by Gasteiger charge is 2.17. The van der Waals surface area contributed by atoms with E-state index in [-0.39, 0.29) is 16.0 Å². The molecule has 0 unspecified atom stereocenters. The highest BCUT2D eigenvalue weighted by atomic mass is 32.2. The number of sulfonamides is 1. The van der Waals surface area contributed by atoms with Crippen molar-refractivity contribution in [2.45, 2.75) is 18.7 Å². The summed E-state index contributed by atoms with van der Waals surface area (Å²) in [5.74, 6) is -1.51. The largest absolute Gasteiger partial charge is 0.478 e. The lowest BCUT2D eigenvalue weighted by Crippen LogP contribution is -2.16. The predicted octanol–water partition coefficient (Wildman–Crippen LogP) is 4.05. The lowest BCUT2D eigenvalue weighted by molar-refractivity contribution is 0.0696. The van der Waals surface area contributed by atoms with Gasteiger partial charge in [0.2, 0.25) is 0 Å². The molecule has 0 aliphatic heterocycles. The Morgan fingerprint density at radius 2 is 1.43 bits per heavy atom. The molecule has 30 heavy (non-hydrogen) atoms. The molecule has 3 N–H and O–H groups in total. The number of carboxylic acid groups (broad SMARTS) is 1. The summed E-state index contributed by atoms with van der Waals surface area (Å²) in [6.07, 6.45) is 0. The van der Waals surface area contributed by atoms with Crippen molar-refractivity contribution in [3.05, 3.63) is 89.0 Å². The first kappa shape index (κ1) is 21.1. The van der Waals surface area contributed by atoms with Gasteiger partial charge in [0.05, 0.1) is 16.1 Å². The van der Waals surface area contributed by atoms with E-state index in [1.54, 1.807) is 31.2 Å². The van der Waals surface area contributed by atoms with Gasteiger partial charge in [-0.05, 0) is 67.9 Å². The third kappa shape index (κ3) is 4.84. The van der Waals surface area contributed by atoms with Crippen LogP contribution in [0.15, 0.2) is 71.6 Å². The van der Waals surface area contributed by atoms with Gasteiger partial charge in [-0.25, -0.2) is 13.2 Å². The van der Waals surface area contributed by atoms with Crippen LogP contribution in [-0.4, -0.2) is 25.4 Å². The fraction of sp³-hybridized carbons (Fsp3) is 0.0909. The Kier molecular flexibility index (Phi) is 5.89. The molecule has 0 radical (unpaired) electrons. The number of hydrogen-bond donors (Lipinski definition) is 3. The summed E-state index contributed by atoms with van der Waals surface area (Å²) in [5, 5.41) is 11.6. The van der Waals surface area contributed by atoms with E-state index < -0.39 is 21.9 Å². The van der Waals surface area contributed by atoms with Gasteiger partial charge in [0.15, 0.2) is 0 Å². The van der Waals surface area contributed by atoms with E-state index in [0.29, 0.717) is 16.9 Å². The lowest BCUT2D eigenvalue weighted by Gasteiger charge is -2.13. The Hall–Kier alpha value is -3.65. The number of amides is 1. The minimum atomic E-state index is -3.80. The van der Waals surface area contributed by atoms with Crippen LogP contribution in [0.4, 0.5) is 11.4 Å². The van der Waals surface area contributed by atoms with Crippen molar-refractivity contribution in [3.8, 4) is 0 Å². The first-order valence-corrected chi connectivity index (χ1v) is 10.5. The number of aromatic carboxylic acids is 1. The summed E-state index contributed by atoms with van der Waals surface area (Å²) in [6.45, 7) is 3.60. The molecule has 0 saturated heterocycles. The molecule has 7 nitrogen and oxygen atoms in total. The zero-order valence-corrected chi connectivity index (χ0v) is 17.2. The highest BCUT2D eigenvalue weighted by molar-refractivity contribution is 7.92. The first-order valence-electron chi connectivity index (χ1n) is 9.00. The van der Waals surface area contributed by atoms with E-state index in [2.05, 4.69) is 10.0 Å². The normalized spacial score (nSPS) is 11.0. The maximum Gasteiger partial charge on any atom is 0.335 e. The fourth-order valence-corrected chi connectivity index (χ4v) is 3.82. The molecule has 3 aromatic rings. The van der Waals surface area contributed by atoms with E-state index in [1.807, 2.05) is 6.92 Å². The average molecular weight is 424 g/mol. The van der Waals surface area contributed by atoms with Gasteiger partial charge in [-0.15, -0.1) is 0 Å². The van der Waals surface area contributed by atoms with Crippen LogP contribution in [0.2, 0.25) is 0 Å². The van der Waals surface area contributed by atoms with Crippen molar-refractivity contribution in [1.82, 2.24) is 0 Å². The van der Waals surface area contributed by atoms with Gasteiger partial charge >= 0.3 is 5.97 Å². The summed E-state index contributed by atoms with van der Waals surface area (Å²) in [7, 11) is -3.80. The molecular formula is C22H20N2O5S. The van der Waals surface area contributed by atoms with Gasteiger partial charge < -0.3 is 10.4 Å². The molecule has 0 bridgehead atoms. The van der Waals surface area contributed by atoms with Crippen molar-refractivity contribution < 1.29 is 23.1 Å². The quantitative estimate of drug-likeness (QED) is 0.552. The minimum absolute atomic E-state index is 0.108. The Balaban J connectivity index is 1.81. The molecule has 0 spiro atoms. The van der Waals surface area contributed by atoms with Crippen LogP contribution >= 0.6 is 0 Å². The zero-order valence-electron chi connectivity index (χ0n) is 16.3. The Bertz CT molecular complexity index is 1200. The van der Waals surface area contributed by atoms with Gasteiger partial charge in [0, 0.05) is 11.3 Å². The number of hydrogen-bond acceptors (Lipinski definition) is 4. The van der Waals surface area contributed by atoms with E-state index in [1.165, 1.54) is 42.5 Å². The summed E-state index contributed by atoms with van der Waals surface area (Å²) >= 11 is 0. The van der Waals surface area contributed by atoms with Gasteiger partial charge in [-0.1, -0.05) is 23.8 Å². The van der Waals surface area contributed by atoms with Crippen molar-refractivity contribution in [1.29, 1.82) is 0 Å². The molecule has 0 fully saturated rings. The van der Waals surface area contributed by atoms with Gasteiger partial charge in [0.25, 0.3) is 15.9 Å². The van der Waals surface area contributed by atoms with E-state index in [9.17, 15) is 18.0 Å². The number of anilines is 2. The lowest BCUT2D eigenvalue weighted by atomic mass is 10.1. The molecule has 0 saturated carbocycles. The van der Waals surface area contributed by atoms with Crippen molar-refractivity contribution in [3.63, 3.8) is 0 Å². The number of nitrogens with one attached hydrogen (secondary N) is 2. The Morgan fingerprint density at radius 3 is 2.03 bits per heavy atom. The molecule has 1 amide bonds. The van der Waals surface area contributed by atoms with Crippen LogP contribution in [-0.2, 0) is 10.0 Å². The van der Waals surface area contributed by atoms with Crippen LogP contribution < -0.4 is 10.0 Å². The first-order chi connectivity index (χ1) is 14.2. The molecule has 0 atom stereocenters. The molecular weight excluding hydrogens is 404 g/mol. The van der Waals surface area contributed by atoms with Crippen LogP contribution in [0.1, 0.15) is 31.8 Å². The van der Waals surface area contributed by atoms with Gasteiger partial charge in [-0.3, -0.25) is 9.52 Å². The molecule has 0 aliphatic carbocycles. The number of carboxylic acids is 1. The summed E-state index contributed by atoms with van der Waals surface area (Å²) in [6, 6.07) is 16.9. The second-order valence-corrected chi connectivity index (χ2v) is 8.47. The Labute approximate surface area is 174 Å². The van der Waals surface area contributed by atoms with E-state index in [4.69, 9.17) is 5.11 Å². The molecule has 154 valence electrons. The number of aryl methyl sites for hydroxylation is 2. The zero-order chi connectivity index (χ0) is 21.9. The van der Waals surface area contributed by atoms with E-state index in [0.717, 1.165) is 5.56 Å². The van der Waals surface area contributed by atoms with Gasteiger partial charge in [0.1, 0.15) is 0 Å². The Morgan fingerprint density at radius 1 is 0.833 bits per heavy atom. The maximum absolute atomic E-state index is 12.7. The summed E-state index contributed by atoms with van der Waals surface area (Å²) < 4.78 is 27.9. The maximum atomic E-state index is 12.7. The second kappa shape index (κ2) is 8.38. The van der Waals surface area contributed by atoms with Crippen LogP contribution in [0.5, 0.6) is 0 Å². The smallest absolute Gasteiger partial charge is 0.335 e.